The maximum Gasteiger partial charge on any atom is 0.120 e. The van der Waals surface area contributed by atoms with Crippen molar-refractivity contribution in [2.45, 2.75) is 18.9 Å². The Hall–Kier alpha value is -1.26. The lowest BCUT2D eigenvalue weighted by Crippen LogP contribution is -2.32. The summed E-state index contributed by atoms with van der Waals surface area (Å²) in [6, 6.07) is 4.02. The fourth-order valence-electron chi connectivity index (χ4n) is 1.31. The fourth-order valence-corrected chi connectivity index (χ4v) is 1.31. The van der Waals surface area contributed by atoms with Gasteiger partial charge in [0.25, 0.3) is 0 Å². The molecule has 1 atom stereocenters. The summed E-state index contributed by atoms with van der Waals surface area (Å²) in [4.78, 5) is 14.3. The summed E-state index contributed by atoms with van der Waals surface area (Å²) < 4.78 is 0. The molecule has 1 aromatic heterocycles. The van der Waals surface area contributed by atoms with Crippen LogP contribution in [0.1, 0.15) is 24.4 Å². The monoisotopic (exact) mass is 193 g/mol. The highest BCUT2D eigenvalue weighted by atomic mass is 16.1. The zero-order valence-electron chi connectivity index (χ0n) is 8.23. The second kappa shape index (κ2) is 6.23. The molecule has 0 saturated carbocycles. The summed E-state index contributed by atoms with van der Waals surface area (Å²) in [5.74, 6) is 0. The number of rotatable bonds is 6. The zero-order valence-corrected chi connectivity index (χ0v) is 8.23. The molecule has 0 aliphatic heterocycles. The van der Waals surface area contributed by atoms with Crippen molar-refractivity contribution in [1.82, 2.24) is 15.8 Å². The van der Waals surface area contributed by atoms with Gasteiger partial charge >= 0.3 is 0 Å². The predicted octanol–water partition coefficient (Wildman–Crippen LogP) is 0.826. The van der Waals surface area contributed by atoms with Crippen LogP contribution in [0.4, 0.5) is 0 Å². The van der Waals surface area contributed by atoms with Gasteiger partial charge in [-0.15, -0.1) is 0 Å². The first-order valence-electron chi connectivity index (χ1n) is 4.64. The molecule has 1 heterocycles. The Morgan fingerprint density at radius 2 is 2.50 bits per heavy atom. The molecule has 1 rings (SSSR count). The molecule has 0 bridgehead atoms. The van der Waals surface area contributed by atoms with E-state index in [1.807, 2.05) is 19.2 Å². The molecule has 2 N–H and O–H groups in total. The lowest BCUT2D eigenvalue weighted by molar-refractivity contribution is -0.108. The van der Waals surface area contributed by atoms with E-state index in [0.29, 0.717) is 6.42 Å². The summed E-state index contributed by atoms with van der Waals surface area (Å²) in [6.45, 7) is 0. The maximum atomic E-state index is 10.3. The highest BCUT2D eigenvalue weighted by molar-refractivity contribution is 5.49. The van der Waals surface area contributed by atoms with Crippen molar-refractivity contribution in [3.63, 3.8) is 0 Å². The van der Waals surface area contributed by atoms with Crippen LogP contribution in [-0.4, -0.2) is 18.3 Å². The lowest BCUT2D eigenvalue weighted by Gasteiger charge is -2.16. The molecule has 1 aromatic rings. The number of hydrazine groups is 1. The number of carbonyl (C=O) groups excluding carboxylic acids is 1. The second-order valence-electron chi connectivity index (χ2n) is 2.98. The summed E-state index contributed by atoms with van der Waals surface area (Å²) in [5.41, 5.74) is 7.05. The number of aldehydes is 1. The number of carbonyl (C=O) groups is 1. The summed E-state index contributed by atoms with van der Waals surface area (Å²) in [5, 5.41) is 0. The Bertz CT molecular complexity index is 263. The molecule has 0 amide bonds. The normalized spacial score (nSPS) is 12.4. The Morgan fingerprint density at radius 3 is 3.07 bits per heavy atom. The van der Waals surface area contributed by atoms with Crippen LogP contribution in [0.15, 0.2) is 24.5 Å². The molecule has 0 fully saturated rings. The van der Waals surface area contributed by atoms with E-state index >= 15 is 0 Å². The van der Waals surface area contributed by atoms with Crippen molar-refractivity contribution in [3.05, 3.63) is 30.1 Å². The number of hydrogen-bond acceptors (Lipinski definition) is 4. The largest absolute Gasteiger partial charge is 0.303 e. The third kappa shape index (κ3) is 3.24. The number of hydrogen-bond donors (Lipinski definition) is 2. The van der Waals surface area contributed by atoms with Crippen molar-refractivity contribution in [1.29, 1.82) is 0 Å². The number of nitrogens with zero attached hydrogens (tertiary/aromatic N) is 1. The average Bonchev–Trinajstić information content (AvgIpc) is 2.25. The molecular weight excluding hydrogens is 178 g/mol. The van der Waals surface area contributed by atoms with Gasteiger partial charge in [0.1, 0.15) is 6.29 Å². The SMILES string of the molecule is CNN[C@@H](CCC=O)c1cccnc1. The Labute approximate surface area is 83.7 Å². The van der Waals surface area contributed by atoms with E-state index in [-0.39, 0.29) is 6.04 Å². The Balaban J connectivity index is 2.62. The molecule has 0 spiro atoms. The first kappa shape index (κ1) is 10.8. The first-order chi connectivity index (χ1) is 6.88. The van der Waals surface area contributed by atoms with E-state index in [9.17, 15) is 4.79 Å². The molecule has 0 aliphatic rings. The maximum absolute atomic E-state index is 10.3. The van der Waals surface area contributed by atoms with Crippen molar-refractivity contribution < 1.29 is 4.79 Å². The van der Waals surface area contributed by atoms with Crippen molar-refractivity contribution in [3.8, 4) is 0 Å². The third-order valence-corrected chi connectivity index (χ3v) is 1.98. The van der Waals surface area contributed by atoms with Gasteiger partial charge in [-0.1, -0.05) is 6.07 Å². The fraction of sp³-hybridized carbons (Fsp3) is 0.400. The van der Waals surface area contributed by atoms with Crippen LogP contribution >= 0.6 is 0 Å². The van der Waals surface area contributed by atoms with E-state index in [0.717, 1.165) is 18.3 Å². The average molecular weight is 193 g/mol. The molecule has 76 valence electrons. The van der Waals surface area contributed by atoms with E-state index in [4.69, 9.17) is 0 Å². The van der Waals surface area contributed by atoms with Crippen LogP contribution in [0, 0.1) is 0 Å². The van der Waals surface area contributed by atoms with Crippen LogP contribution in [-0.2, 0) is 4.79 Å². The predicted molar refractivity (Wildman–Crippen MR) is 54.5 cm³/mol. The van der Waals surface area contributed by atoms with Crippen LogP contribution in [0.25, 0.3) is 0 Å². The standard InChI is InChI=1S/C10H15N3O/c1-11-13-10(5-3-7-14)9-4-2-6-12-8-9/h2,4,6-8,10-11,13H,3,5H2,1H3/t10-/m0/s1. The zero-order chi connectivity index (χ0) is 10.2. The van der Waals surface area contributed by atoms with E-state index < -0.39 is 0 Å². The minimum atomic E-state index is 0.138. The van der Waals surface area contributed by atoms with E-state index in [2.05, 4.69) is 15.8 Å². The number of aromatic nitrogens is 1. The minimum absolute atomic E-state index is 0.138. The van der Waals surface area contributed by atoms with Gasteiger partial charge in [0.2, 0.25) is 0 Å². The molecule has 0 saturated heterocycles. The second-order valence-corrected chi connectivity index (χ2v) is 2.98. The van der Waals surface area contributed by atoms with Crippen LogP contribution in [0.2, 0.25) is 0 Å². The van der Waals surface area contributed by atoms with Gasteiger partial charge in [-0.05, 0) is 25.1 Å². The summed E-state index contributed by atoms with van der Waals surface area (Å²) >= 11 is 0. The van der Waals surface area contributed by atoms with Gasteiger partial charge in [0.15, 0.2) is 0 Å². The molecule has 0 unspecified atom stereocenters. The van der Waals surface area contributed by atoms with Crippen molar-refractivity contribution >= 4 is 6.29 Å². The van der Waals surface area contributed by atoms with Crippen LogP contribution in [0.3, 0.4) is 0 Å². The first-order valence-corrected chi connectivity index (χ1v) is 4.64. The van der Waals surface area contributed by atoms with Gasteiger partial charge in [-0.2, -0.15) is 0 Å². The van der Waals surface area contributed by atoms with E-state index in [1.165, 1.54) is 0 Å². The minimum Gasteiger partial charge on any atom is -0.303 e. The van der Waals surface area contributed by atoms with Crippen molar-refractivity contribution in [2.24, 2.45) is 0 Å². The Morgan fingerprint density at radius 1 is 1.64 bits per heavy atom. The topological polar surface area (TPSA) is 54.0 Å². The summed E-state index contributed by atoms with van der Waals surface area (Å²) in [6.07, 6.45) is 5.80. The molecule has 0 radical (unpaired) electrons. The highest BCUT2D eigenvalue weighted by Gasteiger charge is 2.08. The number of pyridine rings is 1. The van der Waals surface area contributed by atoms with Gasteiger partial charge in [-0.3, -0.25) is 15.8 Å². The molecular formula is C10H15N3O. The number of nitrogens with one attached hydrogen (secondary N) is 2. The lowest BCUT2D eigenvalue weighted by atomic mass is 10.1. The van der Waals surface area contributed by atoms with Gasteiger partial charge < -0.3 is 4.79 Å². The van der Waals surface area contributed by atoms with Gasteiger partial charge in [0, 0.05) is 24.9 Å². The molecule has 14 heavy (non-hydrogen) atoms. The highest BCUT2D eigenvalue weighted by Crippen LogP contribution is 2.15. The van der Waals surface area contributed by atoms with Gasteiger partial charge in [-0.25, -0.2) is 0 Å². The Kier molecular flexibility index (Phi) is 4.82. The molecule has 0 aliphatic carbocycles. The quantitative estimate of drug-likeness (QED) is 0.519. The smallest absolute Gasteiger partial charge is 0.120 e. The third-order valence-electron chi connectivity index (χ3n) is 1.98. The molecule has 4 nitrogen and oxygen atoms in total. The summed E-state index contributed by atoms with van der Waals surface area (Å²) in [7, 11) is 1.81. The molecule has 0 aromatic carbocycles. The van der Waals surface area contributed by atoms with Gasteiger partial charge in [0.05, 0.1) is 0 Å². The van der Waals surface area contributed by atoms with Crippen LogP contribution < -0.4 is 10.9 Å². The molecule has 4 heteroatoms. The van der Waals surface area contributed by atoms with Crippen molar-refractivity contribution in [2.75, 3.05) is 7.05 Å². The van der Waals surface area contributed by atoms with Crippen LogP contribution in [0.5, 0.6) is 0 Å². The van der Waals surface area contributed by atoms with E-state index in [1.54, 1.807) is 12.4 Å².